The lowest BCUT2D eigenvalue weighted by molar-refractivity contribution is -0.126. The van der Waals surface area contributed by atoms with Crippen LogP contribution in [0.2, 0.25) is 0 Å². The quantitative estimate of drug-likeness (QED) is 0.398. The van der Waals surface area contributed by atoms with Gasteiger partial charge in [0.25, 0.3) is 0 Å². The van der Waals surface area contributed by atoms with Crippen LogP contribution in [-0.2, 0) is 4.79 Å². The summed E-state index contributed by atoms with van der Waals surface area (Å²) in [7, 11) is 2.04. The lowest BCUT2D eigenvalue weighted by Gasteiger charge is -2.35. The van der Waals surface area contributed by atoms with Gasteiger partial charge in [0.2, 0.25) is 5.91 Å². The standard InChI is InChI=1S/C27H32F2N6O2/c1-5-22(36)34-13-15-35(16-14-34)26-18(2)24(23(29)25(30-3)20-10-6-7-11-21(20)28)31-27(32-26)37-17-19-9-8-12-33(19)4/h5-7,10-11,19H,1,3,8-9,12-17H2,2,4H3/b25-23+/t19-/m0/s1. The van der Waals surface area contributed by atoms with Gasteiger partial charge in [0, 0.05) is 43.3 Å². The summed E-state index contributed by atoms with van der Waals surface area (Å²) in [5, 5.41) is 0. The van der Waals surface area contributed by atoms with Crippen LogP contribution in [0.1, 0.15) is 29.7 Å². The molecule has 1 amide bonds. The van der Waals surface area contributed by atoms with Gasteiger partial charge in [-0.2, -0.15) is 9.97 Å². The maximum atomic E-state index is 16.0. The second-order valence-corrected chi connectivity index (χ2v) is 9.21. The first-order valence-corrected chi connectivity index (χ1v) is 12.3. The zero-order chi connectivity index (χ0) is 26.5. The molecule has 0 N–H and O–H groups in total. The second kappa shape index (κ2) is 11.6. The molecule has 2 aliphatic rings. The first kappa shape index (κ1) is 26.4. The minimum absolute atomic E-state index is 0.0128. The van der Waals surface area contributed by atoms with Crippen molar-refractivity contribution in [2.75, 3.05) is 51.3 Å². The highest BCUT2D eigenvalue weighted by Crippen LogP contribution is 2.34. The monoisotopic (exact) mass is 510 g/mol. The van der Waals surface area contributed by atoms with Crippen LogP contribution in [0.3, 0.4) is 0 Å². The number of ether oxygens (including phenoxy) is 1. The molecule has 0 aliphatic carbocycles. The van der Waals surface area contributed by atoms with Gasteiger partial charge in [0.1, 0.15) is 29.6 Å². The first-order valence-electron chi connectivity index (χ1n) is 12.3. The maximum absolute atomic E-state index is 16.0. The lowest BCUT2D eigenvalue weighted by Crippen LogP contribution is -2.48. The highest BCUT2D eigenvalue weighted by molar-refractivity contribution is 5.89. The van der Waals surface area contributed by atoms with Crippen LogP contribution in [-0.4, -0.2) is 84.8 Å². The van der Waals surface area contributed by atoms with E-state index >= 15 is 4.39 Å². The third-order valence-corrected chi connectivity index (χ3v) is 6.94. The van der Waals surface area contributed by atoms with Gasteiger partial charge in [0.05, 0.1) is 0 Å². The van der Waals surface area contributed by atoms with E-state index in [9.17, 15) is 9.18 Å². The number of piperazine rings is 1. The van der Waals surface area contributed by atoms with E-state index in [0.717, 1.165) is 19.4 Å². The van der Waals surface area contributed by atoms with Gasteiger partial charge in [-0.25, -0.2) is 8.78 Å². The SMILES string of the molecule is C=CC(=O)N1CCN(c2nc(OC[C@@H]3CCCN3C)nc(/C(F)=C(\N=C)c3ccccc3F)c2C)CC1. The van der Waals surface area contributed by atoms with Crippen molar-refractivity contribution < 1.29 is 18.3 Å². The fraction of sp³-hybridized carbons (Fsp3) is 0.407. The molecule has 0 bridgehead atoms. The normalized spacial score (nSPS) is 19.0. The molecule has 0 saturated carbocycles. The maximum Gasteiger partial charge on any atom is 0.319 e. The molecular weight excluding hydrogens is 478 g/mol. The number of amides is 1. The number of hydrogen-bond acceptors (Lipinski definition) is 7. The van der Waals surface area contributed by atoms with E-state index < -0.39 is 11.6 Å². The fourth-order valence-corrected chi connectivity index (χ4v) is 4.74. The molecule has 2 fully saturated rings. The smallest absolute Gasteiger partial charge is 0.319 e. The Morgan fingerprint density at radius 1 is 1.22 bits per heavy atom. The van der Waals surface area contributed by atoms with Gasteiger partial charge in [-0.3, -0.25) is 9.79 Å². The Bertz CT molecular complexity index is 1210. The third-order valence-electron chi connectivity index (χ3n) is 6.94. The number of anilines is 1. The number of likely N-dealkylation sites (tertiary alicyclic amines) is 1. The van der Waals surface area contributed by atoms with Crippen molar-refractivity contribution in [2.24, 2.45) is 4.99 Å². The van der Waals surface area contributed by atoms with Gasteiger partial charge in [-0.1, -0.05) is 18.7 Å². The summed E-state index contributed by atoms with van der Waals surface area (Å²) in [4.78, 5) is 30.7. The molecule has 196 valence electrons. The molecule has 2 saturated heterocycles. The van der Waals surface area contributed by atoms with Crippen molar-refractivity contribution in [3.05, 3.63) is 59.6 Å². The number of rotatable bonds is 8. The molecule has 1 aromatic heterocycles. The Labute approximate surface area is 216 Å². The zero-order valence-corrected chi connectivity index (χ0v) is 21.3. The minimum Gasteiger partial charge on any atom is -0.462 e. The number of aliphatic imine (C=N–C) groups is 1. The summed E-state index contributed by atoms with van der Waals surface area (Å²) in [6, 6.07) is 6.06. The van der Waals surface area contributed by atoms with Crippen LogP contribution in [0.4, 0.5) is 14.6 Å². The zero-order valence-electron chi connectivity index (χ0n) is 21.3. The summed E-state index contributed by atoms with van der Waals surface area (Å²) in [6.07, 6.45) is 3.37. The predicted molar refractivity (Wildman–Crippen MR) is 141 cm³/mol. The molecule has 2 aliphatic heterocycles. The lowest BCUT2D eigenvalue weighted by atomic mass is 10.1. The van der Waals surface area contributed by atoms with Crippen molar-refractivity contribution in [3.63, 3.8) is 0 Å². The van der Waals surface area contributed by atoms with E-state index in [1.165, 1.54) is 24.3 Å². The Kier molecular flexibility index (Phi) is 8.27. The molecule has 0 unspecified atom stereocenters. The van der Waals surface area contributed by atoms with Gasteiger partial charge in [-0.15, -0.1) is 0 Å². The topological polar surface area (TPSA) is 74.2 Å². The molecule has 3 heterocycles. The van der Waals surface area contributed by atoms with Crippen molar-refractivity contribution in [1.29, 1.82) is 0 Å². The number of likely N-dealkylation sites (N-methyl/N-ethyl adjacent to an activating group) is 1. The van der Waals surface area contributed by atoms with Crippen LogP contribution < -0.4 is 9.64 Å². The summed E-state index contributed by atoms with van der Waals surface area (Å²) in [6.45, 7) is 12.0. The summed E-state index contributed by atoms with van der Waals surface area (Å²) >= 11 is 0. The van der Waals surface area contributed by atoms with Gasteiger partial charge in [-0.05, 0) is 58.3 Å². The van der Waals surface area contributed by atoms with Crippen LogP contribution in [0.5, 0.6) is 6.01 Å². The highest BCUT2D eigenvalue weighted by atomic mass is 19.1. The fourth-order valence-electron chi connectivity index (χ4n) is 4.74. The van der Waals surface area contributed by atoms with E-state index in [1.807, 2.05) is 11.9 Å². The molecule has 1 aromatic carbocycles. The second-order valence-electron chi connectivity index (χ2n) is 9.21. The average molecular weight is 511 g/mol. The minimum atomic E-state index is -0.815. The van der Waals surface area contributed by atoms with Crippen LogP contribution in [0.15, 0.2) is 41.9 Å². The van der Waals surface area contributed by atoms with Gasteiger partial charge < -0.3 is 19.4 Å². The van der Waals surface area contributed by atoms with Crippen LogP contribution in [0, 0.1) is 12.7 Å². The molecule has 8 nitrogen and oxygen atoms in total. The Morgan fingerprint density at radius 2 is 1.95 bits per heavy atom. The van der Waals surface area contributed by atoms with E-state index in [2.05, 4.69) is 33.2 Å². The van der Waals surface area contributed by atoms with Crippen molar-refractivity contribution in [3.8, 4) is 6.01 Å². The molecule has 1 atom stereocenters. The molecular formula is C27H32F2N6O2. The number of halogens is 2. The Hall–Kier alpha value is -3.66. The molecule has 0 spiro atoms. The molecule has 37 heavy (non-hydrogen) atoms. The van der Waals surface area contributed by atoms with Crippen molar-refractivity contribution in [1.82, 2.24) is 19.8 Å². The van der Waals surface area contributed by atoms with E-state index in [1.54, 1.807) is 17.9 Å². The van der Waals surface area contributed by atoms with Gasteiger partial charge >= 0.3 is 6.01 Å². The molecule has 10 heteroatoms. The number of carbonyl (C=O) groups is 1. The Balaban J connectivity index is 1.73. The third kappa shape index (κ3) is 5.69. The number of nitrogens with zero attached hydrogens (tertiary/aromatic N) is 6. The summed E-state index contributed by atoms with van der Waals surface area (Å²) < 4.78 is 36.5. The summed E-state index contributed by atoms with van der Waals surface area (Å²) in [5.41, 5.74) is 0.175. The molecule has 0 radical (unpaired) electrons. The average Bonchev–Trinajstić information content (AvgIpc) is 3.33. The van der Waals surface area contributed by atoms with Crippen molar-refractivity contribution >= 4 is 30.0 Å². The van der Waals surface area contributed by atoms with Crippen molar-refractivity contribution in [2.45, 2.75) is 25.8 Å². The molecule has 2 aromatic rings. The highest BCUT2D eigenvalue weighted by Gasteiger charge is 2.27. The first-order chi connectivity index (χ1) is 17.8. The van der Waals surface area contributed by atoms with E-state index in [0.29, 0.717) is 44.2 Å². The van der Waals surface area contributed by atoms with Crippen LogP contribution in [0.25, 0.3) is 11.5 Å². The van der Waals surface area contributed by atoms with E-state index in [-0.39, 0.29) is 34.9 Å². The van der Waals surface area contributed by atoms with Gasteiger partial charge in [0.15, 0.2) is 5.83 Å². The van der Waals surface area contributed by atoms with Crippen LogP contribution >= 0.6 is 0 Å². The summed E-state index contributed by atoms with van der Waals surface area (Å²) in [5.74, 6) is -1.07. The number of benzene rings is 1. The Morgan fingerprint density at radius 3 is 2.57 bits per heavy atom. The molecule has 4 rings (SSSR count). The number of hydrogen-bond donors (Lipinski definition) is 0. The number of aromatic nitrogens is 2. The predicted octanol–water partition coefficient (Wildman–Crippen LogP) is 3.73. The van der Waals surface area contributed by atoms with E-state index in [4.69, 9.17) is 4.74 Å². The number of carbonyl (C=O) groups excluding carboxylic acids is 1. The largest absolute Gasteiger partial charge is 0.462 e.